The van der Waals surface area contributed by atoms with Gasteiger partial charge >= 0.3 is 5.97 Å². The molecule has 0 spiro atoms. The van der Waals surface area contributed by atoms with Crippen molar-refractivity contribution in [2.45, 2.75) is 39.0 Å². The maximum Gasteiger partial charge on any atom is 0.303 e. The molecule has 0 aromatic carbocycles. The number of carboxylic acid groups (broad SMARTS) is 1. The van der Waals surface area contributed by atoms with Gasteiger partial charge in [-0.05, 0) is 31.3 Å². The molecule has 1 unspecified atom stereocenters. The van der Waals surface area contributed by atoms with Crippen molar-refractivity contribution in [2.24, 2.45) is 5.92 Å². The number of carboxylic acids is 1. The van der Waals surface area contributed by atoms with Crippen LogP contribution in [-0.4, -0.2) is 16.9 Å². The van der Waals surface area contributed by atoms with Gasteiger partial charge in [0.1, 0.15) is 0 Å². The van der Waals surface area contributed by atoms with Gasteiger partial charge in [-0.2, -0.15) is 0 Å². The number of hydrogen-bond donors (Lipinski definition) is 1. The molecule has 1 aliphatic rings. The summed E-state index contributed by atoms with van der Waals surface area (Å²) in [6.45, 7) is 2.10. The summed E-state index contributed by atoms with van der Waals surface area (Å²) in [5.41, 5.74) is 1.13. The van der Waals surface area contributed by atoms with E-state index < -0.39 is 5.97 Å². The first kappa shape index (κ1) is 11.0. The molecule has 0 radical (unpaired) electrons. The Morgan fingerprint density at radius 2 is 2.36 bits per heavy atom. The Bertz CT molecular complexity index is 266. The highest BCUT2D eigenvalue weighted by molar-refractivity contribution is 5.91. The predicted molar refractivity (Wildman–Crippen MR) is 53.0 cm³/mol. The number of carbonyl (C=O) groups excluding carboxylic acids is 1. The van der Waals surface area contributed by atoms with Crippen LogP contribution in [0.3, 0.4) is 0 Å². The molecule has 14 heavy (non-hydrogen) atoms. The summed E-state index contributed by atoms with van der Waals surface area (Å²) in [7, 11) is 0. The third-order valence-electron chi connectivity index (χ3n) is 2.66. The standard InChI is InChI=1S/C11H16O3/c1-8-5-6-10(12)7-9(8)3-2-4-11(13)14/h7-8H,2-6H2,1H3,(H,13,14). The van der Waals surface area contributed by atoms with Crippen LogP contribution < -0.4 is 0 Å². The lowest BCUT2D eigenvalue weighted by Gasteiger charge is -2.19. The van der Waals surface area contributed by atoms with Gasteiger partial charge in [-0.15, -0.1) is 0 Å². The first-order valence-electron chi connectivity index (χ1n) is 5.04. The van der Waals surface area contributed by atoms with Crippen LogP contribution >= 0.6 is 0 Å². The maximum absolute atomic E-state index is 11.1. The minimum Gasteiger partial charge on any atom is -0.481 e. The highest BCUT2D eigenvalue weighted by atomic mass is 16.4. The summed E-state index contributed by atoms with van der Waals surface area (Å²) in [4.78, 5) is 21.4. The van der Waals surface area contributed by atoms with Crippen molar-refractivity contribution in [2.75, 3.05) is 0 Å². The smallest absolute Gasteiger partial charge is 0.303 e. The zero-order valence-corrected chi connectivity index (χ0v) is 8.45. The first-order chi connectivity index (χ1) is 6.59. The minimum absolute atomic E-state index is 0.188. The van der Waals surface area contributed by atoms with E-state index in [1.807, 2.05) is 0 Å². The molecular formula is C11H16O3. The van der Waals surface area contributed by atoms with Gasteiger partial charge in [0.25, 0.3) is 0 Å². The molecule has 0 aromatic rings. The summed E-state index contributed by atoms with van der Waals surface area (Å²) < 4.78 is 0. The Hall–Kier alpha value is -1.12. The third kappa shape index (κ3) is 3.32. The first-order valence-corrected chi connectivity index (χ1v) is 5.04. The maximum atomic E-state index is 11.1. The summed E-state index contributed by atoms with van der Waals surface area (Å²) in [6, 6.07) is 0. The van der Waals surface area contributed by atoms with E-state index in [4.69, 9.17) is 5.11 Å². The second-order valence-corrected chi connectivity index (χ2v) is 3.87. The molecule has 1 rings (SSSR count). The molecule has 0 fully saturated rings. The Labute approximate surface area is 83.8 Å². The van der Waals surface area contributed by atoms with Crippen molar-refractivity contribution in [3.05, 3.63) is 11.6 Å². The van der Waals surface area contributed by atoms with Crippen molar-refractivity contribution in [3.63, 3.8) is 0 Å². The van der Waals surface area contributed by atoms with E-state index in [-0.39, 0.29) is 12.2 Å². The van der Waals surface area contributed by atoms with Crippen LogP contribution in [0.2, 0.25) is 0 Å². The average molecular weight is 196 g/mol. The van der Waals surface area contributed by atoms with Crippen molar-refractivity contribution >= 4 is 11.8 Å². The van der Waals surface area contributed by atoms with Crippen LogP contribution in [0.15, 0.2) is 11.6 Å². The Kier molecular flexibility index (Phi) is 3.86. The Morgan fingerprint density at radius 1 is 1.64 bits per heavy atom. The summed E-state index contributed by atoms with van der Waals surface area (Å²) in [5, 5.41) is 8.47. The van der Waals surface area contributed by atoms with Gasteiger partial charge in [0.05, 0.1) is 0 Å². The van der Waals surface area contributed by atoms with Gasteiger partial charge < -0.3 is 5.11 Å². The molecule has 0 aliphatic heterocycles. The summed E-state index contributed by atoms with van der Waals surface area (Å²) >= 11 is 0. The lowest BCUT2D eigenvalue weighted by atomic mass is 9.86. The van der Waals surface area contributed by atoms with Gasteiger partial charge in [0.2, 0.25) is 0 Å². The van der Waals surface area contributed by atoms with E-state index in [2.05, 4.69) is 6.92 Å². The fourth-order valence-electron chi connectivity index (χ4n) is 1.73. The summed E-state index contributed by atoms with van der Waals surface area (Å²) in [5.74, 6) is -0.129. The fourth-order valence-corrected chi connectivity index (χ4v) is 1.73. The SMILES string of the molecule is CC1CCC(=O)C=C1CCCC(=O)O. The largest absolute Gasteiger partial charge is 0.481 e. The average Bonchev–Trinajstić information content (AvgIpc) is 2.10. The molecule has 1 atom stereocenters. The van der Waals surface area contributed by atoms with E-state index in [1.165, 1.54) is 0 Å². The lowest BCUT2D eigenvalue weighted by Crippen LogP contribution is -2.11. The second-order valence-electron chi connectivity index (χ2n) is 3.87. The highest BCUT2D eigenvalue weighted by Crippen LogP contribution is 2.26. The number of rotatable bonds is 4. The van der Waals surface area contributed by atoms with Crippen LogP contribution in [-0.2, 0) is 9.59 Å². The number of carbonyl (C=O) groups is 2. The van der Waals surface area contributed by atoms with Crippen molar-refractivity contribution < 1.29 is 14.7 Å². The van der Waals surface area contributed by atoms with Crippen LogP contribution in [0.1, 0.15) is 39.0 Å². The quantitative estimate of drug-likeness (QED) is 0.749. The zero-order valence-electron chi connectivity index (χ0n) is 8.45. The van der Waals surface area contributed by atoms with E-state index in [0.29, 0.717) is 18.8 Å². The Morgan fingerprint density at radius 3 is 3.00 bits per heavy atom. The molecule has 0 bridgehead atoms. The van der Waals surface area contributed by atoms with Crippen LogP contribution in [0.4, 0.5) is 0 Å². The second kappa shape index (κ2) is 4.94. The normalized spacial score (nSPS) is 21.9. The molecule has 78 valence electrons. The molecule has 1 aliphatic carbocycles. The molecule has 0 aromatic heterocycles. The Balaban J connectivity index is 2.41. The molecule has 3 nitrogen and oxygen atoms in total. The van der Waals surface area contributed by atoms with Crippen molar-refractivity contribution in [3.8, 4) is 0 Å². The molecule has 0 amide bonds. The minimum atomic E-state index is -0.764. The number of allylic oxidation sites excluding steroid dienone is 2. The monoisotopic (exact) mass is 196 g/mol. The lowest BCUT2D eigenvalue weighted by molar-refractivity contribution is -0.137. The van der Waals surface area contributed by atoms with E-state index >= 15 is 0 Å². The molecule has 3 heteroatoms. The van der Waals surface area contributed by atoms with Crippen LogP contribution in [0, 0.1) is 5.92 Å². The van der Waals surface area contributed by atoms with Gasteiger partial charge in [-0.3, -0.25) is 9.59 Å². The van der Waals surface area contributed by atoms with E-state index in [0.717, 1.165) is 18.4 Å². The molecule has 0 heterocycles. The van der Waals surface area contributed by atoms with Crippen molar-refractivity contribution in [1.82, 2.24) is 0 Å². The number of hydrogen-bond acceptors (Lipinski definition) is 2. The topological polar surface area (TPSA) is 54.4 Å². The van der Waals surface area contributed by atoms with E-state index in [9.17, 15) is 9.59 Å². The predicted octanol–water partition coefficient (Wildman–Crippen LogP) is 2.17. The van der Waals surface area contributed by atoms with Crippen LogP contribution in [0.25, 0.3) is 0 Å². The van der Waals surface area contributed by atoms with Crippen LogP contribution in [0.5, 0.6) is 0 Å². The number of aliphatic carboxylic acids is 1. The highest BCUT2D eigenvalue weighted by Gasteiger charge is 2.17. The fraction of sp³-hybridized carbons (Fsp3) is 0.636. The zero-order chi connectivity index (χ0) is 10.6. The molecule has 0 saturated carbocycles. The molecular weight excluding hydrogens is 180 g/mol. The number of ketones is 1. The van der Waals surface area contributed by atoms with Gasteiger partial charge in [-0.1, -0.05) is 12.5 Å². The van der Waals surface area contributed by atoms with E-state index in [1.54, 1.807) is 6.08 Å². The molecule has 1 N–H and O–H groups in total. The van der Waals surface area contributed by atoms with Gasteiger partial charge in [-0.25, -0.2) is 0 Å². The molecule has 0 saturated heterocycles. The van der Waals surface area contributed by atoms with Gasteiger partial charge in [0.15, 0.2) is 5.78 Å². The third-order valence-corrected chi connectivity index (χ3v) is 2.66. The van der Waals surface area contributed by atoms with Gasteiger partial charge in [0, 0.05) is 12.8 Å². The van der Waals surface area contributed by atoms with Crippen molar-refractivity contribution in [1.29, 1.82) is 0 Å². The summed E-state index contributed by atoms with van der Waals surface area (Å²) in [6.07, 6.45) is 4.84.